The zero-order valence-electron chi connectivity index (χ0n) is 16.9. The van der Waals surface area contributed by atoms with Crippen LogP contribution in [0.5, 0.6) is 0 Å². The first-order chi connectivity index (χ1) is 14.6. The van der Waals surface area contributed by atoms with E-state index in [2.05, 4.69) is 38.5 Å². The van der Waals surface area contributed by atoms with Crippen molar-refractivity contribution in [3.8, 4) is 6.07 Å². The summed E-state index contributed by atoms with van der Waals surface area (Å²) in [6.07, 6.45) is 4.36. The fourth-order valence-electron chi connectivity index (χ4n) is 3.97. The molecular formula is C23H24N6O. The number of hydrazine groups is 1. The quantitative estimate of drug-likeness (QED) is 0.688. The fraction of sp³-hybridized carbons (Fsp3) is 0.261. The summed E-state index contributed by atoms with van der Waals surface area (Å²) in [6, 6.07) is 18.3. The summed E-state index contributed by atoms with van der Waals surface area (Å²) in [7, 11) is 0. The molecule has 0 saturated carbocycles. The van der Waals surface area contributed by atoms with Crippen LogP contribution in [-0.2, 0) is 24.3 Å². The van der Waals surface area contributed by atoms with Crippen molar-refractivity contribution >= 4 is 11.6 Å². The molecule has 1 unspecified atom stereocenters. The van der Waals surface area contributed by atoms with Crippen LogP contribution in [0.1, 0.15) is 29.3 Å². The molecule has 30 heavy (non-hydrogen) atoms. The van der Waals surface area contributed by atoms with E-state index in [-0.39, 0.29) is 11.9 Å². The zero-order valence-corrected chi connectivity index (χ0v) is 16.9. The lowest BCUT2D eigenvalue weighted by Gasteiger charge is -2.32. The van der Waals surface area contributed by atoms with Crippen LogP contribution in [0.15, 0.2) is 61.1 Å². The lowest BCUT2D eigenvalue weighted by Crippen LogP contribution is -2.51. The topological polar surface area (TPSA) is 88.0 Å². The fourth-order valence-corrected chi connectivity index (χ4v) is 3.97. The number of rotatable bonds is 5. The number of nitrogens with zero attached hydrogens (tertiary/aromatic N) is 4. The summed E-state index contributed by atoms with van der Waals surface area (Å²) < 4.78 is 0. The minimum absolute atomic E-state index is 0.0492. The van der Waals surface area contributed by atoms with Crippen LogP contribution >= 0.6 is 0 Å². The molecule has 7 nitrogen and oxygen atoms in total. The minimum atomic E-state index is -0.105. The number of hydrogen-bond acceptors (Lipinski definition) is 5. The van der Waals surface area contributed by atoms with E-state index in [0.717, 1.165) is 23.4 Å². The number of imidazole rings is 1. The SMILES string of the molecule is CC(=O)NN1Cc2cc(C#N)ccc2N(Cc2c[nH]cn2)CC1Cc1ccccc1. The monoisotopic (exact) mass is 400 g/mol. The van der Waals surface area contributed by atoms with E-state index in [1.807, 2.05) is 47.6 Å². The standard InChI is InChI=1S/C23H24N6O/c1-17(30)27-29-13-20-9-19(11-24)7-8-23(20)28(14-21-12-25-16-26-21)15-22(29)10-18-5-3-2-4-6-18/h2-9,12,16,22H,10,13-15H2,1H3,(H,25,26)(H,27,30). The first-order valence-electron chi connectivity index (χ1n) is 9.96. The number of nitriles is 1. The van der Waals surface area contributed by atoms with Crippen LogP contribution in [0.2, 0.25) is 0 Å². The molecule has 0 fully saturated rings. The van der Waals surface area contributed by atoms with Gasteiger partial charge < -0.3 is 9.88 Å². The van der Waals surface area contributed by atoms with E-state index in [4.69, 9.17) is 0 Å². The largest absolute Gasteiger partial charge is 0.364 e. The van der Waals surface area contributed by atoms with Crippen molar-refractivity contribution in [1.29, 1.82) is 5.26 Å². The molecule has 2 heterocycles. The summed E-state index contributed by atoms with van der Waals surface area (Å²) in [5.74, 6) is -0.105. The molecule has 0 saturated heterocycles. The van der Waals surface area contributed by atoms with Gasteiger partial charge in [-0.05, 0) is 35.7 Å². The van der Waals surface area contributed by atoms with Crippen LogP contribution in [-0.4, -0.2) is 33.5 Å². The Morgan fingerprint density at radius 3 is 2.83 bits per heavy atom. The molecule has 3 aromatic rings. The molecular weight excluding hydrogens is 376 g/mol. The predicted octanol–water partition coefficient (Wildman–Crippen LogP) is 2.77. The Kier molecular flexibility index (Phi) is 5.77. The highest BCUT2D eigenvalue weighted by Crippen LogP contribution is 2.30. The second-order valence-corrected chi connectivity index (χ2v) is 7.54. The summed E-state index contributed by atoms with van der Waals surface area (Å²) in [6.45, 7) is 3.40. The third-order valence-corrected chi connectivity index (χ3v) is 5.28. The minimum Gasteiger partial charge on any atom is -0.364 e. The molecule has 1 aliphatic heterocycles. The molecule has 152 valence electrons. The zero-order chi connectivity index (χ0) is 20.9. The van der Waals surface area contributed by atoms with E-state index in [1.54, 1.807) is 6.33 Å². The van der Waals surface area contributed by atoms with Crippen molar-refractivity contribution in [3.05, 3.63) is 83.4 Å². The van der Waals surface area contributed by atoms with Gasteiger partial charge in [-0.1, -0.05) is 30.3 Å². The molecule has 0 spiro atoms. The molecule has 1 amide bonds. The Morgan fingerprint density at radius 2 is 2.13 bits per heavy atom. The Balaban J connectivity index is 1.72. The lowest BCUT2D eigenvalue weighted by molar-refractivity contribution is -0.125. The van der Waals surface area contributed by atoms with Crippen molar-refractivity contribution in [1.82, 2.24) is 20.4 Å². The Morgan fingerprint density at radius 1 is 1.30 bits per heavy atom. The van der Waals surface area contributed by atoms with Crippen LogP contribution in [0.3, 0.4) is 0 Å². The molecule has 0 radical (unpaired) electrons. The average Bonchev–Trinajstić information content (AvgIpc) is 3.21. The molecule has 4 rings (SSSR count). The number of benzene rings is 2. The molecule has 1 atom stereocenters. The van der Waals surface area contributed by atoms with Gasteiger partial charge in [0, 0.05) is 31.9 Å². The molecule has 1 aromatic heterocycles. The maximum Gasteiger partial charge on any atom is 0.231 e. The third-order valence-electron chi connectivity index (χ3n) is 5.28. The second-order valence-electron chi connectivity index (χ2n) is 7.54. The maximum absolute atomic E-state index is 12.0. The van der Waals surface area contributed by atoms with E-state index in [1.165, 1.54) is 12.5 Å². The molecule has 7 heteroatoms. The van der Waals surface area contributed by atoms with Crippen LogP contribution in [0.4, 0.5) is 5.69 Å². The van der Waals surface area contributed by atoms with Crippen LogP contribution in [0.25, 0.3) is 0 Å². The van der Waals surface area contributed by atoms with Gasteiger partial charge in [-0.25, -0.2) is 9.99 Å². The summed E-state index contributed by atoms with van der Waals surface area (Å²) in [4.78, 5) is 21.6. The van der Waals surface area contributed by atoms with Crippen molar-refractivity contribution in [3.63, 3.8) is 0 Å². The van der Waals surface area contributed by atoms with Crippen LogP contribution < -0.4 is 10.3 Å². The maximum atomic E-state index is 12.0. The Hall–Kier alpha value is -3.63. The van der Waals surface area contributed by atoms with Crippen molar-refractivity contribution in [2.75, 3.05) is 11.4 Å². The molecule has 1 aliphatic rings. The number of carbonyl (C=O) groups is 1. The van der Waals surface area contributed by atoms with E-state index < -0.39 is 0 Å². The predicted molar refractivity (Wildman–Crippen MR) is 114 cm³/mol. The number of amides is 1. The van der Waals surface area contributed by atoms with Crippen LogP contribution in [0, 0.1) is 11.3 Å². The highest BCUT2D eigenvalue weighted by molar-refractivity contribution is 5.72. The van der Waals surface area contributed by atoms with Gasteiger partial charge in [0.25, 0.3) is 0 Å². The Bertz CT molecular complexity index is 1040. The number of H-pyrrole nitrogens is 1. The highest BCUT2D eigenvalue weighted by Gasteiger charge is 2.29. The number of aromatic amines is 1. The van der Waals surface area contributed by atoms with Gasteiger partial charge in [-0.15, -0.1) is 0 Å². The third kappa shape index (κ3) is 4.50. The Labute approximate surface area is 175 Å². The molecule has 2 aromatic carbocycles. The first-order valence-corrected chi connectivity index (χ1v) is 9.96. The number of hydrogen-bond donors (Lipinski definition) is 2. The van der Waals surface area contributed by atoms with Gasteiger partial charge in [0.1, 0.15) is 0 Å². The number of nitrogens with one attached hydrogen (secondary N) is 2. The van der Waals surface area contributed by atoms with E-state index >= 15 is 0 Å². The van der Waals surface area contributed by atoms with Gasteiger partial charge in [0.05, 0.1) is 36.2 Å². The summed E-state index contributed by atoms with van der Waals surface area (Å²) >= 11 is 0. The number of anilines is 1. The lowest BCUT2D eigenvalue weighted by atomic mass is 10.1. The van der Waals surface area contributed by atoms with Crippen molar-refractivity contribution < 1.29 is 4.79 Å². The van der Waals surface area contributed by atoms with Crippen molar-refractivity contribution in [2.24, 2.45) is 0 Å². The number of carbonyl (C=O) groups excluding carboxylic acids is 1. The number of fused-ring (bicyclic) bond motifs is 1. The smallest absolute Gasteiger partial charge is 0.231 e. The number of aromatic nitrogens is 2. The second kappa shape index (κ2) is 8.80. The average molecular weight is 400 g/mol. The first kappa shape index (κ1) is 19.7. The normalized spacial score (nSPS) is 16.4. The van der Waals surface area contributed by atoms with Gasteiger partial charge in [0.2, 0.25) is 5.91 Å². The van der Waals surface area contributed by atoms with Gasteiger partial charge in [-0.3, -0.25) is 10.2 Å². The van der Waals surface area contributed by atoms with Gasteiger partial charge in [-0.2, -0.15) is 5.26 Å². The van der Waals surface area contributed by atoms with Gasteiger partial charge in [0.15, 0.2) is 0 Å². The van der Waals surface area contributed by atoms with E-state index in [9.17, 15) is 10.1 Å². The van der Waals surface area contributed by atoms with Crippen molar-refractivity contribution in [2.45, 2.75) is 32.5 Å². The molecule has 2 N–H and O–H groups in total. The van der Waals surface area contributed by atoms with Gasteiger partial charge >= 0.3 is 0 Å². The van der Waals surface area contributed by atoms with E-state index in [0.29, 0.717) is 25.2 Å². The summed E-state index contributed by atoms with van der Waals surface area (Å²) in [5.41, 5.74) is 7.84. The molecule has 0 bridgehead atoms. The highest BCUT2D eigenvalue weighted by atomic mass is 16.2. The molecule has 0 aliphatic carbocycles. The summed E-state index contributed by atoms with van der Waals surface area (Å²) in [5, 5.41) is 11.4.